The molecule has 1 aliphatic rings. The van der Waals surface area contributed by atoms with E-state index in [0.29, 0.717) is 6.07 Å². The molecule has 0 aliphatic heterocycles. The summed E-state index contributed by atoms with van der Waals surface area (Å²) in [6.07, 6.45) is -11.4. The summed E-state index contributed by atoms with van der Waals surface area (Å²) < 4.78 is 137. The molecule has 0 spiro atoms. The van der Waals surface area contributed by atoms with Crippen LogP contribution in [-0.2, 0) is 5.67 Å². The second kappa shape index (κ2) is 9.11. The first kappa shape index (κ1) is 26.4. The predicted octanol–water partition coefficient (Wildman–Crippen LogP) is 6.57. The number of alkyl halides is 9. The highest BCUT2D eigenvalue weighted by molar-refractivity contribution is 6.05. The van der Waals surface area contributed by atoms with Gasteiger partial charge in [-0.05, 0) is 37.1 Å². The molecular weight excluding hydrogens is 502 g/mol. The Morgan fingerprint density at radius 2 is 1.63 bits per heavy atom. The SMILES string of the molecule is CN(c1cccc(C(=O)Nc2ccc(C(F)(C(F)(F)F)C(F)(F)F)cc2OC(F)F)c1F)C1CC1. The van der Waals surface area contributed by atoms with Crippen LogP contribution in [-0.4, -0.2) is 38.0 Å². The summed E-state index contributed by atoms with van der Waals surface area (Å²) in [5.41, 5.74) is -9.42. The van der Waals surface area contributed by atoms with E-state index in [9.17, 15) is 48.7 Å². The third-order valence-electron chi connectivity index (χ3n) is 5.32. The minimum Gasteiger partial charge on any atom is -0.433 e. The number of nitrogens with zero attached hydrogens (tertiary/aromatic N) is 1. The van der Waals surface area contributed by atoms with Gasteiger partial charge in [-0.1, -0.05) is 12.1 Å². The highest BCUT2D eigenvalue weighted by Gasteiger charge is 2.73. The molecule has 0 unspecified atom stereocenters. The Morgan fingerprint density at radius 1 is 1.03 bits per heavy atom. The number of amides is 1. The molecule has 0 atom stereocenters. The third-order valence-corrected chi connectivity index (χ3v) is 5.32. The van der Waals surface area contributed by atoms with Crippen LogP contribution in [0.4, 0.5) is 55.3 Å². The average Bonchev–Trinajstić information content (AvgIpc) is 3.57. The first-order valence-corrected chi connectivity index (χ1v) is 9.82. The molecule has 3 rings (SSSR count). The van der Waals surface area contributed by atoms with Crippen molar-refractivity contribution in [1.29, 1.82) is 0 Å². The number of halogens is 10. The van der Waals surface area contributed by atoms with Crippen molar-refractivity contribution >= 4 is 17.3 Å². The zero-order valence-electron chi connectivity index (χ0n) is 17.6. The quantitative estimate of drug-likeness (QED) is 0.422. The van der Waals surface area contributed by atoms with E-state index in [1.807, 2.05) is 5.32 Å². The van der Waals surface area contributed by atoms with Gasteiger partial charge in [0.05, 0.1) is 16.9 Å². The largest absolute Gasteiger partial charge is 0.435 e. The molecule has 1 fully saturated rings. The van der Waals surface area contributed by atoms with E-state index < -0.39 is 58.9 Å². The number of anilines is 2. The van der Waals surface area contributed by atoms with Crippen molar-refractivity contribution in [2.24, 2.45) is 0 Å². The van der Waals surface area contributed by atoms with Crippen molar-refractivity contribution in [3.8, 4) is 5.75 Å². The molecule has 2 aromatic rings. The summed E-state index contributed by atoms with van der Waals surface area (Å²) in [5.74, 6) is -3.66. The van der Waals surface area contributed by atoms with Crippen LogP contribution in [0.3, 0.4) is 0 Å². The van der Waals surface area contributed by atoms with Crippen molar-refractivity contribution in [2.45, 2.75) is 43.5 Å². The van der Waals surface area contributed by atoms with E-state index >= 15 is 0 Å². The molecule has 0 radical (unpaired) electrons. The molecule has 0 bridgehead atoms. The highest BCUT2D eigenvalue weighted by atomic mass is 19.4. The molecule has 192 valence electrons. The fourth-order valence-corrected chi connectivity index (χ4v) is 3.34. The van der Waals surface area contributed by atoms with Gasteiger partial charge in [-0.25, -0.2) is 8.78 Å². The molecule has 1 N–H and O–H groups in total. The molecule has 1 aliphatic carbocycles. The lowest BCUT2D eigenvalue weighted by molar-refractivity contribution is -0.348. The van der Waals surface area contributed by atoms with Gasteiger partial charge in [-0.15, -0.1) is 0 Å². The number of benzene rings is 2. The van der Waals surface area contributed by atoms with Crippen LogP contribution in [0.1, 0.15) is 28.8 Å². The number of hydrogen-bond acceptors (Lipinski definition) is 3. The summed E-state index contributed by atoms with van der Waals surface area (Å²) >= 11 is 0. The van der Waals surface area contributed by atoms with Gasteiger partial charge in [0, 0.05) is 18.7 Å². The lowest BCUT2D eigenvalue weighted by Gasteiger charge is -2.30. The lowest BCUT2D eigenvalue weighted by Crippen LogP contribution is -2.50. The van der Waals surface area contributed by atoms with Gasteiger partial charge in [0.1, 0.15) is 5.75 Å². The number of ether oxygens (including phenoxy) is 1. The first-order valence-electron chi connectivity index (χ1n) is 9.82. The maximum absolute atomic E-state index is 14.9. The van der Waals surface area contributed by atoms with Crippen molar-refractivity contribution < 1.29 is 53.4 Å². The van der Waals surface area contributed by atoms with Crippen LogP contribution in [0.2, 0.25) is 0 Å². The summed E-state index contributed by atoms with van der Waals surface area (Å²) in [7, 11) is 1.58. The monoisotopic (exact) mass is 518 g/mol. The van der Waals surface area contributed by atoms with Gasteiger partial charge in [0.15, 0.2) is 5.82 Å². The Balaban J connectivity index is 2.00. The lowest BCUT2D eigenvalue weighted by atomic mass is 9.93. The standard InChI is InChI=1S/C21H16F10N2O2/c1-33(11-6-7-11)14-4-2-3-12(16(14)22)17(34)32-13-8-5-10(9-15(13)35-18(23)24)19(25,20(26,27)28)21(29,30)31/h2-5,8-9,11,18H,6-7H2,1H3,(H,32,34). The summed E-state index contributed by atoms with van der Waals surface area (Å²) in [6, 6.07) is 3.82. The van der Waals surface area contributed by atoms with Gasteiger partial charge in [-0.3, -0.25) is 4.79 Å². The van der Waals surface area contributed by atoms with E-state index in [2.05, 4.69) is 4.74 Å². The molecule has 4 nitrogen and oxygen atoms in total. The molecule has 35 heavy (non-hydrogen) atoms. The van der Waals surface area contributed by atoms with Gasteiger partial charge in [0.25, 0.3) is 5.91 Å². The van der Waals surface area contributed by atoms with Crippen LogP contribution in [0, 0.1) is 5.82 Å². The zero-order chi connectivity index (χ0) is 26.3. The molecule has 0 saturated heterocycles. The number of carbonyl (C=O) groups is 1. The molecule has 1 amide bonds. The average molecular weight is 518 g/mol. The number of hydrogen-bond donors (Lipinski definition) is 1. The van der Waals surface area contributed by atoms with E-state index in [4.69, 9.17) is 0 Å². The van der Waals surface area contributed by atoms with Crippen molar-refractivity contribution in [1.82, 2.24) is 0 Å². The van der Waals surface area contributed by atoms with Gasteiger partial charge >= 0.3 is 24.6 Å². The topological polar surface area (TPSA) is 41.6 Å². The second-order valence-electron chi connectivity index (χ2n) is 7.68. The van der Waals surface area contributed by atoms with E-state index in [0.717, 1.165) is 18.9 Å². The Bertz CT molecular complexity index is 1080. The number of rotatable bonds is 7. The van der Waals surface area contributed by atoms with Crippen LogP contribution in [0.5, 0.6) is 5.75 Å². The molecule has 0 heterocycles. The molecule has 1 saturated carbocycles. The smallest absolute Gasteiger partial charge is 0.433 e. The normalized spacial score (nSPS) is 14.7. The fourth-order valence-electron chi connectivity index (χ4n) is 3.34. The number of nitrogens with one attached hydrogen (secondary N) is 1. The third kappa shape index (κ3) is 5.10. The van der Waals surface area contributed by atoms with Crippen LogP contribution in [0.15, 0.2) is 36.4 Å². The Hall–Kier alpha value is -3.19. The zero-order valence-corrected chi connectivity index (χ0v) is 17.6. The van der Waals surface area contributed by atoms with Crippen LogP contribution >= 0.6 is 0 Å². The second-order valence-corrected chi connectivity index (χ2v) is 7.68. The summed E-state index contributed by atoms with van der Waals surface area (Å²) in [6.45, 7) is -3.76. The van der Waals surface area contributed by atoms with Gasteiger partial charge in [0.2, 0.25) is 0 Å². The predicted molar refractivity (Wildman–Crippen MR) is 104 cm³/mol. The summed E-state index contributed by atoms with van der Waals surface area (Å²) in [4.78, 5) is 14.2. The van der Waals surface area contributed by atoms with E-state index in [1.54, 1.807) is 11.9 Å². The Kier molecular flexibility index (Phi) is 6.88. The molecule has 2 aromatic carbocycles. The Morgan fingerprint density at radius 3 is 2.14 bits per heavy atom. The van der Waals surface area contributed by atoms with Gasteiger partial charge < -0.3 is 15.0 Å². The minimum absolute atomic E-state index is 0.00255. The minimum atomic E-state index is -6.50. The van der Waals surface area contributed by atoms with Gasteiger partial charge in [-0.2, -0.15) is 35.1 Å². The Labute approximate surface area is 191 Å². The van der Waals surface area contributed by atoms with Crippen LogP contribution < -0.4 is 15.0 Å². The molecular formula is C21H16F10N2O2. The molecule has 14 heteroatoms. The molecule has 0 aromatic heterocycles. The van der Waals surface area contributed by atoms with Crippen molar-refractivity contribution in [2.75, 3.05) is 17.3 Å². The number of carbonyl (C=O) groups excluding carboxylic acids is 1. The highest BCUT2D eigenvalue weighted by Crippen LogP contribution is 2.54. The van der Waals surface area contributed by atoms with E-state index in [-0.39, 0.29) is 23.9 Å². The maximum atomic E-state index is 14.9. The fraction of sp³-hybridized carbons (Fsp3) is 0.381. The van der Waals surface area contributed by atoms with Crippen molar-refractivity contribution in [3.05, 3.63) is 53.3 Å². The van der Waals surface area contributed by atoms with E-state index in [1.165, 1.54) is 12.1 Å². The van der Waals surface area contributed by atoms with Crippen LogP contribution in [0.25, 0.3) is 0 Å². The maximum Gasteiger partial charge on any atom is 0.435 e. The van der Waals surface area contributed by atoms with Crippen molar-refractivity contribution in [3.63, 3.8) is 0 Å². The summed E-state index contributed by atoms with van der Waals surface area (Å²) in [5, 5.41) is 1.90. The first-order chi connectivity index (χ1) is 16.1.